The van der Waals surface area contributed by atoms with Crippen molar-refractivity contribution in [1.29, 1.82) is 0 Å². The molecule has 0 amide bonds. The summed E-state index contributed by atoms with van der Waals surface area (Å²) in [4.78, 5) is 0. The fourth-order valence-corrected chi connectivity index (χ4v) is 0.488. The molecule has 7 heteroatoms. The lowest BCUT2D eigenvalue weighted by Crippen LogP contribution is -2.41. The lowest BCUT2D eigenvalue weighted by molar-refractivity contribution is 0.0576. The molecule has 0 saturated heterocycles. The van der Waals surface area contributed by atoms with E-state index in [0.717, 1.165) is 6.92 Å². The smallest absolute Gasteiger partial charge is 0.263 e. The van der Waals surface area contributed by atoms with Crippen molar-refractivity contribution >= 4 is 0 Å². The van der Waals surface area contributed by atoms with Gasteiger partial charge in [0.25, 0.3) is 6.43 Å². The molecule has 5 nitrogen and oxygen atoms in total. The third-order valence-corrected chi connectivity index (χ3v) is 1.28. The minimum Gasteiger partial charge on any atom is -0.314 e. The quantitative estimate of drug-likeness (QED) is 0.623. The molecule has 0 fully saturated rings. The largest absolute Gasteiger partial charge is 0.314 e. The van der Waals surface area contributed by atoms with Crippen LogP contribution in [0, 0.1) is 0 Å². The van der Waals surface area contributed by atoms with Crippen LogP contribution in [0.5, 0.6) is 0 Å². The van der Waals surface area contributed by atoms with Crippen LogP contribution in [-0.2, 0) is 5.54 Å². The first-order chi connectivity index (χ1) is 5.05. The van der Waals surface area contributed by atoms with Crippen molar-refractivity contribution < 1.29 is 8.78 Å². The van der Waals surface area contributed by atoms with Gasteiger partial charge < -0.3 is 5.73 Å². The van der Waals surface area contributed by atoms with Crippen LogP contribution in [0.3, 0.4) is 0 Å². The molecular weight excluding hydrogens is 156 g/mol. The highest BCUT2D eigenvalue weighted by atomic mass is 19.3. The minimum atomic E-state index is -2.71. The molecule has 0 aliphatic heterocycles. The van der Waals surface area contributed by atoms with Crippen LogP contribution in [0.25, 0.3) is 0 Å². The molecule has 0 aliphatic rings. The van der Waals surface area contributed by atoms with E-state index in [0.29, 0.717) is 0 Å². The van der Waals surface area contributed by atoms with Crippen LogP contribution in [0.15, 0.2) is 0 Å². The molecule has 3 N–H and O–H groups in total. The number of nitrogens with one attached hydrogen (secondary N) is 1. The van der Waals surface area contributed by atoms with E-state index in [4.69, 9.17) is 5.73 Å². The summed E-state index contributed by atoms with van der Waals surface area (Å²) in [6.07, 6.45) is -2.71. The lowest BCUT2D eigenvalue weighted by Gasteiger charge is -2.18. The summed E-state index contributed by atoms with van der Waals surface area (Å²) in [7, 11) is 0. The Morgan fingerprint density at radius 2 is 2.27 bits per heavy atom. The molecular formula is C4H7F2N5. The zero-order valence-electron chi connectivity index (χ0n) is 5.75. The molecule has 1 rings (SSSR count). The van der Waals surface area contributed by atoms with Gasteiger partial charge in [0, 0.05) is 0 Å². The Labute approximate surface area is 61.0 Å². The Balaban J connectivity index is 2.90. The number of rotatable bonds is 2. The standard InChI is InChI=1S/C4H7F2N5/c1-4(7,2(5)6)3-8-10-11-9-3/h2H,7H2,1H3,(H,8,9,10,11). The second-order valence-electron chi connectivity index (χ2n) is 2.32. The summed E-state index contributed by atoms with van der Waals surface area (Å²) in [6.45, 7) is 1.14. The lowest BCUT2D eigenvalue weighted by atomic mass is 10.1. The van der Waals surface area contributed by atoms with Crippen molar-refractivity contribution in [2.45, 2.75) is 18.9 Å². The zero-order valence-corrected chi connectivity index (χ0v) is 5.75. The predicted molar refractivity (Wildman–Crippen MR) is 31.7 cm³/mol. The molecule has 1 aromatic rings. The topological polar surface area (TPSA) is 80.5 Å². The maximum absolute atomic E-state index is 12.1. The summed E-state index contributed by atoms with van der Waals surface area (Å²) >= 11 is 0. The Bertz CT molecular complexity index is 218. The number of aromatic amines is 1. The van der Waals surface area contributed by atoms with Gasteiger partial charge in [0.2, 0.25) is 0 Å². The van der Waals surface area contributed by atoms with Gasteiger partial charge in [-0.25, -0.2) is 8.78 Å². The van der Waals surface area contributed by atoms with E-state index in [1.165, 1.54) is 0 Å². The van der Waals surface area contributed by atoms with Crippen LogP contribution < -0.4 is 5.73 Å². The number of alkyl halides is 2. The SMILES string of the molecule is CC(N)(c1nn[nH]n1)C(F)F. The normalized spacial score (nSPS) is 16.8. The summed E-state index contributed by atoms with van der Waals surface area (Å²) in [6, 6.07) is 0. The maximum atomic E-state index is 12.1. The first-order valence-electron chi connectivity index (χ1n) is 2.86. The van der Waals surface area contributed by atoms with Crippen molar-refractivity contribution in [3.05, 3.63) is 5.82 Å². The van der Waals surface area contributed by atoms with Crippen LogP contribution in [-0.4, -0.2) is 27.0 Å². The molecule has 1 aromatic heterocycles. The molecule has 0 aromatic carbocycles. The van der Waals surface area contributed by atoms with Crippen LogP contribution in [0.2, 0.25) is 0 Å². The third-order valence-electron chi connectivity index (χ3n) is 1.28. The molecule has 1 atom stereocenters. The third kappa shape index (κ3) is 1.32. The number of tetrazole rings is 1. The van der Waals surface area contributed by atoms with Crippen LogP contribution in [0.1, 0.15) is 12.7 Å². The first-order valence-corrected chi connectivity index (χ1v) is 2.86. The van der Waals surface area contributed by atoms with Gasteiger partial charge >= 0.3 is 0 Å². The van der Waals surface area contributed by atoms with E-state index >= 15 is 0 Å². The summed E-state index contributed by atoms with van der Waals surface area (Å²) < 4.78 is 24.3. The van der Waals surface area contributed by atoms with Crippen molar-refractivity contribution in [3.8, 4) is 0 Å². The molecule has 0 spiro atoms. The van der Waals surface area contributed by atoms with E-state index in [9.17, 15) is 8.78 Å². The van der Waals surface area contributed by atoms with Crippen molar-refractivity contribution in [1.82, 2.24) is 20.6 Å². The van der Waals surface area contributed by atoms with Crippen LogP contribution in [0.4, 0.5) is 8.78 Å². The van der Waals surface area contributed by atoms with Gasteiger partial charge in [0.1, 0.15) is 5.54 Å². The van der Waals surface area contributed by atoms with Gasteiger partial charge in [-0.05, 0) is 6.92 Å². The van der Waals surface area contributed by atoms with Crippen molar-refractivity contribution in [3.63, 3.8) is 0 Å². The Morgan fingerprint density at radius 3 is 2.64 bits per heavy atom. The fraction of sp³-hybridized carbons (Fsp3) is 0.750. The number of hydrogen-bond donors (Lipinski definition) is 2. The van der Waals surface area contributed by atoms with E-state index in [2.05, 4.69) is 20.6 Å². The molecule has 0 radical (unpaired) electrons. The number of H-pyrrole nitrogens is 1. The minimum absolute atomic E-state index is 0.187. The van der Waals surface area contributed by atoms with Gasteiger partial charge in [-0.1, -0.05) is 5.21 Å². The highest BCUT2D eigenvalue weighted by Gasteiger charge is 2.36. The second-order valence-corrected chi connectivity index (χ2v) is 2.32. The van der Waals surface area contributed by atoms with Gasteiger partial charge in [0.15, 0.2) is 5.82 Å². The zero-order chi connectivity index (χ0) is 8.48. The monoisotopic (exact) mass is 163 g/mol. The first kappa shape index (κ1) is 7.99. The predicted octanol–water partition coefficient (Wildman–Crippen LogP) is -0.361. The Morgan fingerprint density at radius 1 is 1.64 bits per heavy atom. The molecule has 0 aliphatic carbocycles. The summed E-state index contributed by atoms with van der Waals surface area (Å²) in [5.74, 6) is -0.187. The van der Waals surface area contributed by atoms with Gasteiger partial charge in [-0.15, -0.1) is 10.2 Å². The number of halogens is 2. The fourth-order valence-electron chi connectivity index (χ4n) is 0.488. The van der Waals surface area contributed by atoms with Crippen LogP contribution >= 0.6 is 0 Å². The van der Waals surface area contributed by atoms with E-state index < -0.39 is 12.0 Å². The van der Waals surface area contributed by atoms with Gasteiger partial charge in [-0.3, -0.25) is 0 Å². The molecule has 0 saturated carbocycles. The van der Waals surface area contributed by atoms with Crippen molar-refractivity contribution in [2.24, 2.45) is 5.73 Å². The average Bonchev–Trinajstić information content (AvgIpc) is 2.37. The Hall–Kier alpha value is -1.11. The molecule has 1 unspecified atom stereocenters. The molecule has 11 heavy (non-hydrogen) atoms. The van der Waals surface area contributed by atoms with Crippen molar-refractivity contribution in [2.75, 3.05) is 0 Å². The number of hydrogen-bond acceptors (Lipinski definition) is 4. The molecule has 62 valence electrons. The Kier molecular flexibility index (Phi) is 1.81. The number of aromatic nitrogens is 4. The van der Waals surface area contributed by atoms with Gasteiger partial charge in [0.05, 0.1) is 0 Å². The number of nitrogens with two attached hydrogens (primary N) is 1. The van der Waals surface area contributed by atoms with E-state index in [-0.39, 0.29) is 5.82 Å². The summed E-state index contributed by atoms with van der Waals surface area (Å²) in [5.41, 5.74) is 3.36. The highest BCUT2D eigenvalue weighted by molar-refractivity contribution is 4.99. The maximum Gasteiger partial charge on any atom is 0.263 e. The van der Waals surface area contributed by atoms with E-state index in [1.54, 1.807) is 0 Å². The molecule has 1 heterocycles. The molecule has 0 bridgehead atoms. The highest BCUT2D eigenvalue weighted by Crippen LogP contribution is 2.20. The number of nitrogens with zero attached hydrogens (tertiary/aromatic N) is 3. The average molecular weight is 163 g/mol. The summed E-state index contributed by atoms with van der Waals surface area (Å²) in [5, 5.41) is 11.9. The van der Waals surface area contributed by atoms with E-state index in [1.807, 2.05) is 0 Å². The van der Waals surface area contributed by atoms with Gasteiger partial charge in [-0.2, -0.15) is 5.21 Å². The second kappa shape index (κ2) is 2.50.